The molecule has 3 saturated heterocycles. The number of amides is 2. The average molecular weight is 1630 g/mol. The zero-order valence-electron chi connectivity index (χ0n) is 60.2. The van der Waals surface area contributed by atoms with Crippen molar-refractivity contribution in [3.8, 4) is 0 Å². The lowest BCUT2D eigenvalue weighted by Gasteiger charge is -2.36. The van der Waals surface area contributed by atoms with Gasteiger partial charge in [0.25, 0.3) is 6.47 Å². The van der Waals surface area contributed by atoms with Crippen LogP contribution in [0.2, 0.25) is 30.1 Å². The van der Waals surface area contributed by atoms with E-state index in [2.05, 4.69) is 24.8 Å². The smallest absolute Gasteiger partial charge is 0.410 e. The van der Waals surface area contributed by atoms with Gasteiger partial charge in [0.2, 0.25) is 30.1 Å². The van der Waals surface area contributed by atoms with Crippen LogP contribution in [0.15, 0.2) is 142 Å². The fraction of sp³-hybridized carbons (Fsp3) is 0.431. The van der Waals surface area contributed by atoms with E-state index >= 15 is 0 Å². The lowest BCUT2D eigenvalue weighted by atomic mass is 10.1. The maximum atomic E-state index is 12.8. The van der Waals surface area contributed by atoms with E-state index in [0.717, 1.165) is 86.1 Å². The summed E-state index contributed by atoms with van der Waals surface area (Å²) in [7, 11) is -7.24. The minimum atomic E-state index is -3.87. The van der Waals surface area contributed by atoms with Gasteiger partial charge in [-0.1, -0.05) is 112 Å². The maximum Gasteiger partial charge on any atom is 0.410 e. The normalized spacial score (nSPS) is 14.5. The molecule has 0 radical (unpaired) electrons. The Kier molecular flexibility index (Phi) is 33.2. The second-order valence-electron chi connectivity index (χ2n) is 26.6. The number of anilines is 4. The molecular weight excluding hydrogens is 1540 g/mol. The number of sulfonamides is 3. The summed E-state index contributed by atoms with van der Waals surface area (Å²) in [4.78, 5) is 69.2. The van der Waals surface area contributed by atoms with Gasteiger partial charge in [-0.05, 0) is 138 Å². The Bertz CT molecular complexity index is 4250. The number of ketones is 2. The van der Waals surface area contributed by atoms with Crippen LogP contribution in [-0.2, 0) is 71.5 Å². The van der Waals surface area contributed by atoms with Gasteiger partial charge in [0, 0.05) is 168 Å². The highest BCUT2D eigenvalue weighted by atomic mass is 35.5. The van der Waals surface area contributed by atoms with Gasteiger partial charge in [-0.15, -0.1) is 0 Å². The van der Waals surface area contributed by atoms with Crippen LogP contribution in [0, 0.1) is 0 Å². The fourth-order valence-electron chi connectivity index (χ4n) is 10.5. The van der Waals surface area contributed by atoms with E-state index in [-0.39, 0.29) is 127 Å². The Hall–Kier alpha value is -6.70. The van der Waals surface area contributed by atoms with Gasteiger partial charge in [0.1, 0.15) is 44.1 Å². The molecule has 3 heterocycles. The van der Waals surface area contributed by atoms with Crippen molar-refractivity contribution >= 4 is 153 Å². The number of Topliss-reactive ketones (excluding diaryl/α,β-unsaturated/α-hetero) is 2. The first kappa shape index (κ1) is 87.2. The number of nitrogens with zero attached hydrogens (tertiary/aromatic N) is 8. The minimum Gasteiger partial charge on any atom is -0.466 e. The van der Waals surface area contributed by atoms with Crippen LogP contribution in [0.3, 0.4) is 0 Å². The molecule has 24 nitrogen and oxygen atoms in total. The number of nitrogens with one attached hydrogen (secondary N) is 1. The van der Waals surface area contributed by atoms with Crippen molar-refractivity contribution < 1.29 is 63.4 Å². The predicted octanol–water partition coefficient (Wildman–Crippen LogP) is 12.2. The van der Waals surface area contributed by atoms with Crippen molar-refractivity contribution in [3.05, 3.63) is 169 Å². The van der Waals surface area contributed by atoms with Gasteiger partial charge < -0.3 is 49.8 Å². The highest BCUT2D eigenvalue weighted by molar-refractivity contribution is 7.89. The van der Waals surface area contributed by atoms with Crippen LogP contribution in [0.5, 0.6) is 0 Å². The Balaban J connectivity index is 0.000000229. The Morgan fingerprint density at radius 3 is 1.08 bits per heavy atom. The van der Waals surface area contributed by atoms with Gasteiger partial charge in [0.05, 0.1) is 30.1 Å². The summed E-state index contributed by atoms with van der Waals surface area (Å²) in [5.74, 6) is -0.0953. The first-order chi connectivity index (χ1) is 49.3. The van der Waals surface area contributed by atoms with Crippen LogP contribution in [0.4, 0.5) is 32.3 Å². The lowest BCUT2D eigenvalue weighted by Crippen LogP contribution is -2.50. The van der Waals surface area contributed by atoms with Crippen molar-refractivity contribution in [2.24, 2.45) is 0 Å². The van der Waals surface area contributed by atoms with E-state index in [1.54, 1.807) is 9.80 Å². The topological polar surface area (TPSA) is 279 Å². The second-order valence-corrected chi connectivity index (χ2v) is 35.0. The molecule has 0 aromatic heterocycles. The number of benzene rings is 6. The molecule has 9 rings (SSSR count). The molecule has 0 spiro atoms. The third-order valence-electron chi connectivity index (χ3n) is 16.5. The van der Waals surface area contributed by atoms with Crippen molar-refractivity contribution in [2.75, 3.05) is 146 Å². The summed E-state index contributed by atoms with van der Waals surface area (Å²) in [6, 6.07) is 36.8. The number of carbonyl (C=O) groups excluding carboxylic acids is 5. The van der Waals surface area contributed by atoms with Gasteiger partial charge in [0.15, 0.2) is 0 Å². The van der Waals surface area contributed by atoms with Crippen molar-refractivity contribution in [1.82, 2.24) is 28.0 Å². The summed E-state index contributed by atoms with van der Waals surface area (Å²) in [5, 5.41) is 3.74. The molecule has 0 atom stereocenters. The van der Waals surface area contributed by atoms with E-state index in [4.69, 9.17) is 84.8 Å². The predicted molar refractivity (Wildman–Crippen MR) is 416 cm³/mol. The molecule has 33 heteroatoms. The van der Waals surface area contributed by atoms with Crippen LogP contribution in [-0.4, -0.2) is 215 Å². The largest absolute Gasteiger partial charge is 0.466 e. The number of likely N-dealkylation sites (N-methyl/N-ethyl adjacent to an activating group) is 1. The Morgan fingerprint density at radius 2 is 0.762 bits per heavy atom. The number of ether oxygens (including phenoxy) is 3. The van der Waals surface area contributed by atoms with Crippen molar-refractivity contribution in [3.63, 3.8) is 0 Å². The summed E-state index contributed by atoms with van der Waals surface area (Å²) in [6.45, 7) is 21.0. The quantitative estimate of drug-likeness (QED) is 0.0261. The molecule has 0 saturated carbocycles. The molecule has 3 aliphatic heterocycles. The summed E-state index contributed by atoms with van der Waals surface area (Å²) in [5.41, 5.74) is 10.6. The molecule has 6 aromatic carbocycles. The molecule has 574 valence electrons. The number of rotatable bonds is 23. The van der Waals surface area contributed by atoms with Crippen LogP contribution < -0.4 is 25.8 Å². The molecule has 105 heavy (non-hydrogen) atoms. The highest BCUT2D eigenvalue weighted by Gasteiger charge is 2.31. The Morgan fingerprint density at radius 1 is 0.457 bits per heavy atom. The minimum absolute atomic E-state index is 0.0121. The first-order valence-electron chi connectivity index (χ1n) is 33.6. The van der Waals surface area contributed by atoms with Crippen LogP contribution in [0.25, 0.3) is 0 Å². The van der Waals surface area contributed by atoms with E-state index in [9.17, 15) is 49.2 Å². The molecule has 2 amide bonds. The SMILES string of the molecule is CC(C)(C)OC(=O)N1CCN(c2ccc(N)cc2)CC1.CN(CCC(=O)Cc1ccc(N2CCN(C(=O)OC(C)(C)C)CC2)cc1)S(=O)(=O)c1cccc(Cl)c1Cl.CN(CCC(=O)Cc1ccc(N2CCNCC2)cc1)S(=O)(=O)c1cccc(Cl)c1Cl.CN(CCOC=O)S(=O)(=O)c1cccc(Cl)c1Cl. The number of carbonyl (C=O) groups is 5. The van der Waals surface area contributed by atoms with E-state index in [0.29, 0.717) is 39.3 Å². The summed E-state index contributed by atoms with van der Waals surface area (Å²) < 4.78 is 93.9. The van der Waals surface area contributed by atoms with Crippen molar-refractivity contribution in [2.45, 2.75) is 93.1 Å². The number of piperazine rings is 3. The first-order valence-corrected chi connectivity index (χ1v) is 40.2. The van der Waals surface area contributed by atoms with Crippen LogP contribution in [0.1, 0.15) is 65.5 Å². The molecule has 3 fully saturated rings. The molecular formula is C72H92Cl6N10O14S3. The fourth-order valence-corrected chi connectivity index (χ4v) is 16.2. The van der Waals surface area contributed by atoms with Gasteiger partial charge >= 0.3 is 12.2 Å². The standard InChI is InChI=1S/C26H33Cl2N3O5S.C21H25Cl2N3O3S.C15H23N3O2.C10H11Cl2NO4S/c1-26(2,3)36-25(33)31-16-14-30(15-17-31)20-10-8-19(9-11-20)18-21(32)12-13-29(4)37(34,35)23-7-5-6-22(27)24(23)28;1-25(30(28,29)20-4-2-3-19(22)21(20)23)12-9-18(27)15-16-5-7-17(8-6-16)26-13-10-24-11-14-26;1-15(2,3)20-14(19)18-10-8-17(9-11-18)13-6-4-12(16)5-7-13;1-13(5-6-17-7-14)18(15,16)9-4-2-3-8(11)10(9)12/h5-11H,12-18H2,1-4H3;2-8,24H,9-15H2,1H3;4-7H,8-11,16H2,1-3H3;2-4,7H,5-6H2,1H3. The molecule has 3 aliphatic rings. The number of nitrogen functional groups attached to an aromatic ring is 1. The maximum absolute atomic E-state index is 12.8. The lowest BCUT2D eigenvalue weighted by molar-refractivity contribution is -0.128. The van der Waals surface area contributed by atoms with E-state index in [1.807, 2.05) is 114 Å². The number of nitrogens with two attached hydrogens (primary N) is 1. The number of hydrogen-bond donors (Lipinski definition) is 2. The van der Waals surface area contributed by atoms with Crippen molar-refractivity contribution in [1.29, 1.82) is 0 Å². The third-order valence-corrected chi connectivity index (χ3v) is 25.0. The average Bonchev–Trinajstić information content (AvgIpc) is 0.809. The van der Waals surface area contributed by atoms with E-state index in [1.165, 1.54) is 75.7 Å². The van der Waals surface area contributed by atoms with Crippen LogP contribution >= 0.6 is 69.6 Å². The molecule has 6 aromatic rings. The van der Waals surface area contributed by atoms with E-state index < -0.39 is 41.3 Å². The second kappa shape index (κ2) is 39.9. The van der Waals surface area contributed by atoms with Gasteiger partial charge in [-0.2, -0.15) is 4.31 Å². The number of hydrogen-bond acceptors (Lipinski definition) is 19. The monoisotopic (exact) mass is 1630 g/mol. The summed E-state index contributed by atoms with van der Waals surface area (Å²) >= 11 is 35.6. The zero-order chi connectivity index (χ0) is 77.6. The molecule has 0 bridgehead atoms. The van der Waals surface area contributed by atoms with Gasteiger partial charge in [-0.3, -0.25) is 14.4 Å². The molecule has 0 aliphatic carbocycles. The highest BCUT2D eigenvalue weighted by Crippen LogP contribution is 2.34. The third kappa shape index (κ3) is 26.6. The zero-order valence-corrected chi connectivity index (χ0v) is 67.2. The summed E-state index contributed by atoms with van der Waals surface area (Å²) in [6.07, 6.45) is 0.145. The van der Waals surface area contributed by atoms with Gasteiger partial charge in [-0.25, -0.2) is 43.5 Å². The number of halogens is 6. The Labute approximate surface area is 647 Å². The molecule has 0 unspecified atom stereocenters. The molecule has 3 N–H and O–H groups in total.